The number of nitrogens with two attached hydrogens (primary N) is 1. The molecule has 1 heterocycles. The summed E-state index contributed by atoms with van der Waals surface area (Å²) in [6, 6.07) is 17.5. The Morgan fingerprint density at radius 2 is 1.81 bits per heavy atom. The number of aromatic nitrogens is 2. The molecule has 0 aliphatic heterocycles. The van der Waals surface area contributed by atoms with E-state index < -0.39 is 0 Å². The molecular formula is C26H28N4O2. The third-order valence-corrected chi connectivity index (χ3v) is 5.75. The number of hydrogen-bond donors (Lipinski definition) is 2. The third-order valence-electron chi connectivity index (χ3n) is 5.75. The number of ketones is 1. The largest absolute Gasteiger partial charge is 0.457 e. The number of nitrogens with zero attached hydrogens (tertiary/aromatic N) is 2. The minimum absolute atomic E-state index is 0.0505. The molecule has 6 nitrogen and oxygen atoms in total. The summed E-state index contributed by atoms with van der Waals surface area (Å²) in [6.07, 6.45) is 8.69. The van der Waals surface area contributed by atoms with Crippen LogP contribution >= 0.6 is 0 Å². The van der Waals surface area contributed by atoms with Gasteiger partial charge < -0.3 is 15.8 Å². The Labute approximate surface area is 188 Å². The van der Waals surface area contributed by atoms with Gasteiger partial charge in [0.05, 0.1) is 5.56 Å². The molecule has 3 N–H and O–H groups in total. The zero-order chi connectivity index (χ0) is 22.3. The summed E-state index contributed by atoms with van der Waals surface area (Å²) in [7, 11) is 0. The molecule has 3 aromatic rings. The van der Waals surface area contributed by atoms with E-state index in [1.807, 2.05) is 67.6 Å². The van der Waals surface area contributed by atoms with Gasteiger partial charge in [0.1, 0.15) is 29.5 Å². The number of nitrogens with one attached hydrogen (secondary N) is 1. The summed E-state index contributed by atoms with van der Waals surface area (Å²) < 4.78 is 5.89. The number of benzene rings is 2. The molecule has 0 bridgehead atoms. The summed E-state index contributed by atoms with van der Waals surface area (Å²) in [5.41, 5.74) is 7.92. The summed E-state index contributed by atoms with van der Waals surface area (Å²) in [5, 5.41) is 3.53. The number of allylic oxidation sites excluding steroid dienone is 2. The van der Waals surface area contributed by atoms with E-state index in [0.29, 0.717) is 11.6 Å². The number of rotatable bonds is 7. The molecule has 0 unspecified atom stereocenters. The molecule has 32 heavy (non-hydrogen) atoms. The van der Waals surface area contributed by atoms with E-state index in [1.54, 1.807) is 6.08 Å². The number of carbonyl (C=O) groups is 1. The first-order chi connectivity index (χ1) is 15.6. The second kappa shape index (κ2) is 10.1. The number of ether oxygens (including phenoxy) is 1. The van der Waals surface area contributed by atoms with Gasteiger partial charge in [0.2, 0.25) is 0 Å². The van der Waals surface area contributed by atoms with Gasteiger partial charge in [-0.3, -0.25) is 4.79 Å². The molecule has 1 saturated carbocycles. The molecular weight excluding hydrogens is 400 g/mol. The second-order valence-electron chi connectivity index (χ2n) is 8.03. The number of carbonyl (C=O) groups excluding carboxylic acids is 1. The van der Waals surface area contributed by atoms with E-state index in [1.165, 1.54) is 6.33 Å². The van der Waals surface area contributed by atoms with Crippen LogP contribution in [0.4, 0.5) is 11.6 Å². The zero-order valence-electron chi connectivity index (χ0n) is 18.2. The maximum atomic E-state index is 12.3. The van der Waals surface area contributed by atoms with Crippen LogP contribution in [0.15, 0.2) is 73.1 Å². The molecule has 1 aromatic heterocycles. The lowest BCUT2D eigenvalue weighted by atomic mass is 9.83. The van der Waals surface area contributed by atoms with Crippen molar-refractivity contribution in [2.24, 2.45) is 5.92 Å². The van der Waals surface area contributed by atoms with E-state index in [-0.39, 0.29) is 17.7 Å². The average molecular weight is 429 g/mol. The minimum atomic E-state index is 0.0505. The Morgan fingerprint density at radius 3 is 2.56 bits per heavy atom. The second-order valence-corrected chi connectivity index (χ2v) is 8.03. The van der Waals surface area contributed by atoms with E-state index in [4.69, 9.17) is 10.5 Å². The van der Waals surface area contributed by atoms with Crippen LogP contribution in [0.25, 0.3) is 11.1 Å². The number of nitrogen functional groups attached to an aromatic ring is 1. The summed E-state index contributed by atoms with van der Waals surface area (Å²) in [4.78, 5) is 21.0. The number of anilines is 2. The molecule has 1 aliphatic carbocycles. The first-order valence-electron chi connectivity index (χ1n) is 11.0. The molecule has 2 aromatic carbocycles. The lowest BCUT2D eigenvalue weighted by Crippen LogP contribution is -2.31. The van der Waals surface area contributed by atoms with E-state index in [2.05, 4.69) is 15.3 Å². The fraction of sp³-hybridized carbons (Fsp3) is 0.269. The van der Waals surface area contributed by atoms with Gasteiger partial charge in [0, 0.05) is 12.0 Å². The zero-order valence-corrected chi connectivity index (χ0v) is 18.2. The van der Waals surface area contributed by atoms with Gasteiger partial charge in [-0.2, -0.15) is 0 Å². The lowest BCUT2D eigenvalue weighted by molar-refractivity contribution is -0.119. The van der Waals surface area contributed by atoms with Crippen LogP contribution in [0.3, 0.4) is 0 Å². The predicted octanol–water partition coefficient (Wildman–Crippen LogP) is 5.63. The maximum absolute atomic E-state index is 12.3. The van der Waals surface area contributed by atoms with Crippen LogP contribution in [0.5, 0.6) is 11.5 Å². The van der Waals surface area contributed by atoms with E-state index in [0.717, 1.165) is 48.3 Å². The van der Waals surface area contributed by atoms with Crippen LogP contribution in [-0.2, 0) is 4.79 Å². The average Bonchev–Trinajstić information content (AvgIpc) is 2.81. The van der Waals surface area contributed by atoms with Crippen LogP contribution in [-0.4, -0.2) is 21.8 Å². The topological polar surface area (TPSA) is 90.1 Å². The predicted molar refractivity (Wildman–Crippen MR) is 128 cm³/mol. The van der Waals surface area contributed by atoms with Crippen LogP contribution in [0, 0.1) is 5.92 Å². The van der Waals surface area contributed by atoms with Crippen molar-refractivity contribution in [2.75, 3.05) is 11.1 Å². The molecule has 2 atom stereocenters. The molecule has 1 fully saturated rings. The summed E-state index contributed by atoms with van der Waals surface area (Å²) in [5.74, 6) is 2.88. The molecule has 6 heteroatoms. The normalized spacial score (nSPS) is 18.4. The van der Waals surface area contributed by atoms with E-state index >= 15 is 0 Å². The Morgan fingerprint density at radius 1 is 1.06 bits per heavy atom. The van der Waals surface area contributed by atoms with Gasteiger partial charge in [-0.1, -0.05) is 42.8 Å². The Kier molecular flexibility index (Phi) is 6.80. The van der Waals surface area contributed by atoms with Gasteiger partial charge in [0.25, 0.3) is 0 Å². The van der Waals surface area contributed by atoms with Crippen molar-refractivity contribution in [1.82, 2.24) is 9.97 Å². The Balaban J connectivity index is 1.52. The lowest BCUT2D eigenvalue weighted by Gasteiger charge is -2.29. The highest BCUT2D eigenvalue weighted by Gasteiger charge is 2.27. The van der Waals surface area contributed by atoms with Gasteiger partial charge in [-0.15, -0.1) is 0 Å². The molecule has 0 amide bonds. The Bertz CT molecular complexity index is 1080. The number of para-hydroxylation sites is 1. The van der Waals surface area contributed by atoms with Crippen molar-refractivity contribution in [1.29, 1.82) is 0 Å². The summed E-state index contributed by atoms with van der Waals surface area (Å²) >= 11 is 0. The molecule has 0 saturated heterocycles. The highest BCUT2D eigenvalue weighted by atomic mass is 16.5. The van der Waals surface area contributed by atoms with Crippen LogP contribution < -0.4 is 15.8 Å². The maximum Gasteiger partial charge on any atom is 0.158 e. The van der Waals surface area contributed by atoms with Crippen molar-refractivity contribution in [3.63, 3.8) is 0 Å². The molecule has 4 rings (SSSR count). The standard InChI is InChI=1S/C26H28N4O2/c1-2-7-23(31)19-8-6-9-20(16-19)30-26-24(25(27)28-17-29-26)18-12-14-22(15-13-18)32-21-10-4-3-5-11-21/h2-5,7,10-15,17,19-20H,6,8-9,16H2,1H3,(H3,27,28,29,30)/b7-2+/t19-,20+/m0/s1. The minimum Gasteiger partial charge on any atom is -0.457 e. The summed E-state index contributed by atoms with van der Waals surface area (Å²) in [6.45, 7) is 1.88. The number of hydrogen-bond acceptors (Lipinski definition) is 6. The van der Waals surface area contributed by atoms with Crippen molar-refractivity contribution in [2.45, 2.75) is 38.6 Å². The SMILES string of the molecule is C/C=C/C(=O)[C@H]1CCC[C@@H](Nc2ncnc(N)c2-c2ccc(Oc3ccccc3)cc2)C1. The van der Waals surface area contributed by atoms with Gasteiger partial charge in [0.15, 0.2) is 5.78 Å². The van der Waals surface area contributed by atoms with Crippen LogP contribution in [0.1, 0.15) is 32.6 Å². The van der Waals surface area contributed by atoms with Crippen molar-refractivity contribution < 1.29 is 9.53 Å². The highest BCUT2D eigenvalue weighted by molar-refractivity contribution is 5.91. The monoisotopic (exact) mass is 428 g/mol. The van der Waals surface area contributed by atoms with Crippen LogP contribution in [0.2, 0.25) is 0 Å². The van der Waals surface area contributed by atoms with Gasteiger partial charge >= 0.3 is 0 Å². The van der Waals surface area contributed by atoms with Crippen molar-refractivity contribution in [3.8, 4) is 22.6 Å². The van der Waals surface area contributed by atoms with E-state index in [9.17, 15) is 4.79 Å². The fourth-order valence-corrected chi connectivity index (χ4v) is 4.18. The van der Waals surface area contributed by atoms with Crippen molar-refractivity contribution >= 4 is 17.4 Å². The Hall–Kier alpha value is -3.67. The highest BCUT2D eigenvalue weighted by Crippen LogP contribution is 2.35. The molecule has 0 spiro atoms. The van der Waals surface area contributed by atoms with Crippen molar-refractivity contribution in [3.05, 3.63) is 73.1 Å². The first kappa shape index (κ1) is 21.6. The smallest absolute Gasteiger partial charge is 0.158 e. The molecule has 164 valence electrons. The molecule has 0 radical (unpaired) electrons. The van der Waals surface area contributed by atoms with Gasteiger partial charge in [-0.25, -0.2) is 9.97 Å². The molecule has 1 aliphatic rings. The quantitative estimate of drug-likeness (QED) is 0.474. The first-order valence-corrected chi connectivity index (χ1v) is 11.0. The fourth-order valence-electron chi connectivity index (χ4n) is 4.18. The van der Waals surface area contributed by atoms with Gasteiger partial charge in [-0.05, 0) is 62.1 Å². The third kappa shape index (κ3) is 5.14.